The van der Waals surface area contributed by atoms with Gasteiger partial charge in [-0.15, -0.1) is 0 Å². The Hall–Kier alpha value is -1.31. The summed E-state index contributed by atoms with van der Waals surface area (Å²) in [6.07, 6.45) is 8.59. The molecule has 0 aromatic heterocycles. The molecular formula is C19H25NO. The van der Waals surface area contributed by atoms with Crippen LogP contribution in [0.5, 0.6) is 0 Å². The summed E-state index contributed by atoms with van der Waals surface area (Å²) in [7, 11) is 0. The number of benzene rings is 1. The summed E-state index contributed by atoms with van der Waals surface area (Å²) in [4.78, 5) is 15.2. The van der Waals surface area contributed by atoms with Crippen molar-refractivity contribution in [2.24, 2.45) is 17.8 Å². The van der Waals surface area contributed by atoms with Crippen molar-refractivity contribution >= 4 is 5.91 Å². The number of rotatable bonds is 3. The van der Waals surface area contributed by atoms with Crippen LogP contribution in [0.15, 0.2) is 30.3 Å². The average molecular weight is 283 g/mol. The van der Waals surface area contributed by atoms with E-state index in [2.05, 4.69) is 35.2 Å². The van der Waals surface area contributed by atoms with Crippen LogP contribution in [0.2, 0.25) is 0 Å². The Bertz CT molecular complexity index is 512. The molecule has 2 nitrogen and oxygen atoms in total. The zero-order chi connectivity index (χ0) is 14.2. The van der Waals surface area contributed by atoms with Gasteiger partial charge in [0.25, 0.3) is 0 Å². The van der Waals surface area contributed by atoms with Crippen molar-refractivity contribution in [2.45, 2.75) is 51.0 Å². The van der Waals surface area contributed by atoms with Crippen LogP contribution in [-0.2, 0) is 11.2 Å². The molecule has 1 amide bonds. The molecule has 4 atom stereocenters. The molecule has 1 aromatic carbocycles. The zero-order valence-electron chi connectivity index (χ0n) is 12.7. The van der Waals surface area contributed by atoms with E-state index >= 15 is 0 Å². The first kappa shape index (κ1) is 13.4. The van der Waals surface area contributed by atoms with Crippen molar-refractivity contribution < 1.29 is 4.79 Å². The molecule has 2 heteroatoms. The van der Waals surface area contributed by atoms with Gasteiger partial charge in [0.2, 0.25) is 5.91 Å². The third-order valence-electron chi connectivity index (χ3n) is 6.03. The summed E-state index contributed by atoms with van der Waals surface area (Å²) in [5.41, 5.74) is 1.37. The van der Waals surface area contributed by atoms with Gasteiger partial charge >= 0.3 is 0 Å². The lowest BCUT2D eigenvalue weighted by molar-refractivity contribution is -0.138. The number of carbonyl (C=O) groups is 1. The molecule has 112 valence electrons. The Morgan fingerprint density at radius 3 is 2.67 bits per heavy atom. The molecular weight excluding hydrogens is 258 g/mol. The van der Waals surface area contributed by atoms with Crippen molar-refractivity contribution in [1.29, 1.82) is 0 Å². The molecule has 1 aromatic rings. The van der Waals surface area contributed by atoms with Gasteiger partial charge in [-0.05, 0) is 55.9 Å². The van der Waals surface area contributed by atoms with Crippen molar-refractivity contribution in [2.75, 3.05) is 6.54 Å². The van der Waals surface area contributed by atoms with E-state index in [-0.39, 0.29) is 0 Å². The lowest BCUT2D eigenvalue weighted by atomic mass is 9.87. The van der Waals surface area contributed by atoms with Gasteiger partial charge in [0, 0.05) is 18.5 Å². The molecule has 1 heterocycles. The van der Waals surface area contributed by atoms with Crippen LogP contribution in [0, 0.1) is 17.8 Å². The second kappa shape index (κ2) is 5.47. The van der Waals surface area contributed by atoms with Gasteiger partial charge < -0.3 is 4.90 Å². The van der Waals surface area contributed by atoms with E-state index in [1.54, 1.807) is 0 Å². The van der Waals surface area contributed by atoms with Crippen LogP contribution in [-0.4, -0.2) is 23.4 Å². The number of hydrogen-bond acceptors (Lipinski definition) is 1. The quantitative estimate of drug-likeness (QED) is 0.829. The number of carbonyl (C=O) groups excluding carboxylic acids is 1. The topological polar surface area (TPSA) is 20.3 Å². The predicted molar refractivity (Wildman–Crippen MR) is 83.8 cm³/mol. The molecule has 0 N–H and O–H groups in total. The maximum absolute atomic E-state index is 13.0. The molecule has 0 radical (unpaired) electrons. The Kier molecular flexibility index (Phi) is 3.48. The van der Waals surface area contributed by atoms with Crippen LogP contribution in [0.1, 0.15) is 44.1 Å². The Balaban J connectivity index is 1.45. The lowest BCUT2D eigenvalue weighted by Crippen LogP contribution is -2.42. The van der Waals surface area contributed by atoms with Crippen molar-refractivity contribution in [3.63, 3.8) is 0 Å². The maximum atomic E-state index is 13.0. The highest BCUT2D eigenvalue weighted by Gasteiger charge is 2.45. The fraction of sp³-hybridized carbons (Fsp3) is 0.632. The summed E-state index contributed by atoms with van der Waals surface area (Å²) < 4.78 is 0. The smallest absolute Gasteiger partial charge is 0.226 e. The molecule has 1 saturated heterocycles. The van der Waals surface area contributed by atoms with Gasteiger partial charge in [-0.1, -0.05) is 36.8 Å². The summed E-state index contributed by atoms with van der Waals surface area (Å²) >= 11 is 0. The highest BCUT2D eigenvalue weighted by atomic mass is 16.2. The Labute approximate surface area is 127 Å². The van der Waals surface area contributed by atoms with E-state index in [1.165, 1.54) is 44.1 Å². The van der Waals surface area contributed by atoms with Gasteiger partial charge in [0.15, 0.2) is 0 Å². The average Bonchev–Trinajstić information content (AvgIpc) is 3.24. The Morgan fingerprint density at radius 1 is 1.10 bits per heavy atom. The van der Waals surface area contributed by atoms with E-state index in [1.807, 2.05) is 0 Å². The molecule has 2 aliphatic carbocycles. The van der Waals surface area contributed by atoms with E-state index in [0.717, 1.165) is 18.9 Å². The number of fused-ring (bicyclic) bond motifs is 2. The molecule has 4 rings (SSSR count). The minimum Gasteiger partial charge on any atom is -0.339 e. The van der Waals surface area contributed by atoms with E-state index in [4.69, 9.17) is 0 Å². The van der Waals surface area contributed by atoms with Gasteiger partial charge in [-0.3, -0.25) is 4.79 Å². The van der Waals surface area contributed by atoms with E-state index in [0.29, 0.717) is 23.8 Å². The number of nitrogens with zero attached hydrogens (tertiary/aromatic N) is 1. The van der Waals surface area contributed by atoms with Crippen LogP contribution in [0.25, 0.3) is 0 Å². The van der Waals surface area contributed by atoms with Crippen LogP contribution in [0.4, 0.5) is 0 Å². The number of amides is 1. The lowest BCUT2D eigenvalue weighted by Gasteiger charge is -2.31. The zero-order valence-corrected chi connectivity index (χ0v) is 12.7. The summed E-state index contributed by atoms with van der Waals surface area (Å²) in [6, 6.07) is 11.1. The highest BCUT2D eigenvalue weighted by molar-refractivity contribution is 5.80. The van der Waals surface area contributed by atoms with Crippen molar-refractivity contribution in [3.05, 3.63) is 35.9 Å². The predicted octanol–water partition coefficient (Wildman–Crippen LogP) is 3.66. The summed E-state index contributed by atoms with van der Waals surface area (Å²) in [5, 5.41) is 0. The second-order valence-electron chi connectivity index (χ2n) is 7.30. The Morgan fingerprint density at radius 2 is 1.95 bits per heavy atom. The minimum atomic E-state index is 0.361. The first-order chi connectivity index (χ1) is 10.3. The fourth-order valence-corrected chi connectivity index (χ4v) is 4.98. The highest BCUT2D eigenvalue weighted by Crippen LogP contribution is 2.49. The van der Waals surface area contributed by atoms with Crippen LogP contribution >= 0.6 is 0 Å². The van der Waals surface area contributed by atoms with E-state index < -0.39 is 0 Å². The normalized spacial score (nSPS) is 34.6. The molecule has 21 heavy (non-hydrogen) atoms. The third-order valence-corrected chi connectivity index (χ3v) is 6.03. The molecule has 3 aliphatic rings. The number of likely N-dealkylation sites (tertiary alicyclic amines) is 1. The third kappa shape index (κ3) is 2.49. The minimum absolute atomic E-state index is 0.361. The summed E-state index contributed by atoms with van der Waals surface area (Å²) in [5.74, 6) is 2.42. The van der Waals surface area contributed by atoms with Gasteiger partial charge in [-0.25, -0.2) is 0 Å². The molecule has 1 aliphatic heterocycles. The van der Waals surface area contributed by atoms with Crippen LogP contribution in [0.3, 0.4) is 0 Å². The molecule has 2 bridgehead atoms. The van der Waals surface area contributed by atoms with Gasteiger partial charge in [0.05, 0.1) is 0 Å². The second-order valence-corrected chi connectivity index (χ2v) is 7.30. The monoisotopic (exact) mass is 283 g/mol. The summed E-state index contributed by atoms with van der Waals surface area (Å²) in [6.45, 7) is 0.990. The van der Waals surface area contributed by atoms with Gasteiger partial charge in [0.1, 0.15) is 0 Å². The molecule has 0 spiro atoms. The standard InChI is InChI=1S/C19H25NO/c21-19(18-13-15-8-9-16(18)11-15)20-10-4-7-17(20)12-14-5-2-1-3-6-14/h1-3,5-6,15-18H,4,7-13H2. The SMILES string of the molecule is O=C(C1CC2CCC1C2)N1CCCC1Cc1ccccc1. The molecule has 4 unspecified atom stereocenters. The maximum Gasteiger partial charge on any atom is 0.226 e. The fourth-order valence-electron chi connectivity index (χ4n) is 4.98. The largest absolute Gasteiger partial charge is 0.339 e. The van der Waals surface area contributed by atoms with Gasteiger partial charge in [-0.2, -0.15) is 0 Å². The number of hydrogen-bond donors (Lipinski definition) is 0. The molecule has 3 fully saturated rings. The van der Waals surface area contributed by atoms with E-state index in [9.17, 15) is 4.79 Å². The molecule has 2 saturated carbocycles. The first-order valence-electron chi connectivity index (χ1n) is 8.65. The van der Waals surface area contributed by atoms with Crippen molar-refractivity contribution in [1.82, 2.24) is 4.90 Å². The van der Waals surface area contributed by atoms with Crippen molar-refractivity contribution in [3.8, 4) is 0 Å². The van der Waals surface area contributed by atoms with Crippen LogP contribution < -0.4 is 0 Å². The first-order valence-corrected chi connectivity index (χ1v) is 8.65.